The number of aliphatic hydroxyl groups is 1. The molecule has 1 aromatic rings. The van der Waals surface area contributed by atoms with Crippen LogP contribution in [-0.2, 0) is 0 Å². The van der Waals surface area contributed by atoms with E-state index in [1.54, 1.807) is 6.26 Å². The first-order valence-electron chi connectivity index (χ1n) is 6.43. The van der Waals surface area contributed by atoms with Crippen molar-refractivity contribution < 1.29 is 9.52 Å². The molecule has 0 aliphatic heterocycles. The van der Waals surface area contributed by atoms with E-state index in [9.17, 15) is 5.11 Å². The minimum atomic E-state index is -0.375. The van der Waals surface area contributed by atoms with Crippen molar-refractivity contribution in [3.63, 3.8) is 0 Å². The predicted molar refractivity (Wildman–Crippen MR) is 66.7 cm³/mol. The Morgan fingerprint density at radius 1 is 1.41 bits per heavy atom. The van der Waals surface area contributed by atoms with Crippen LogP contribution in [0.25, 0.3) is 0 Å². The summed E-state index contributed by atoms with van der Waals surface area (Å²) >= 11 is 0. The molecule has 2 unspecified atom stereocenters. The Hall–Kier alpha value is -1.02. The zero-order valence-electron chi connectivity index (χ0n) is 10.7. The number of hydrogen-bond acceptors (Lipinski definition) is 2. The van der Waals surface area contributed by atoms with Gasteiger partial charge in [0.2, 0.25) is 0 Å². The van der Waals surface area contributed by atoms with Crippen molar-refractivity contribution in [3.05, 3.63) is 35.3 Å². The third kappa shape index (κ3) is 1.58. The number of allylic oxidation sites excluding steroid dienone is 2. The molecule has 2 bridgehead atoms. The fourth-order valence-corrected chi connectivity index (χ4v) is 3.75. The molecule has 0 aromatic carbocycles. The molecule has 0 amide bonds. The first kappa shape index (κ1) is 11.1. The van der Waals surface area contributed by atoms with Crippen LogP contribution >= 0.6 is 0 Å². The lowest BCUT2D eigenvalue weighted by molar-refractivity contribution is 0.0851. The summed E-state index contributed by atoms with van der Waals surface area (Å²) in [6, 6.07) is 1.93. The van der Waals surface area contributed by atoms with Crippen molar-refractivity contribution in [1.29, 1.82) is 0 Å². The Balaban J connectivity index is 2.16. The maximum Gasteiger partial charge on any atom is 0.116 e. The smallest absolute Gasteiger partial charge is 0.116 e. The first-order chi connectivity index (χ1) is 7.99. The topological polar surface area (TPSA) is 33.4 Å². The molecule has 0 spiro atoms. The number of aliphatic hydroxyl groups excluding tert-OH is 1. The molecule has 3 aliphatic rings. The highest BCUT2D eigenvalue weighted by Crippen LogP contribution is 2.52. The van der Waals surface area contributed by atoms with Gasteiger partial charge < -0.3 is 9.52 Å². The van der Waals surface area contributed by atoms with Crippen LogP contribution in [0.1, 0.15) is 57.0 Å². The van der Waals surface area contributed by atoms with Gasteiger partial charge in [-0.1, -0.05) is 25.5 Å². The maximum absolute atomic E-state index is 10.3. The lowest BCUT2D eigenvalue weighted by Gasteiger charge is -2.44. The van der Waals surface area contributed by atoms with Gasteiger partial charge in [-0.05, 0) is 37.2 Å². The molecule has 0 fully saturated rings. The summed E-state index contributed by atoms with van der Waals surface area (Å²) < 4.78 is 5.63. The van der Waals surface area contributed by atoms with Gasteiger partial charge >= 0.3 is 0 Å². The van der Waals surface area contributed by atoms with Crippen molar-refractivity contribution in [2.45, 2.75) is 45.6 Å². The Morgan fingerprint density at radius 3 is 2.88 bits per heavy atom. The Labute approximate surface area is 102 Å². The molecule has 3 aliphatic carbocycles. The molecular formula is C15H20O2. The lowest BCUT2D eigenvalue weighted by atomic mass is 9.61. The Morgan fingerprint density at radius 2 is 2.18 bits per heavy atom. The van der Waals surface area contributed by atoms with Crippen molar-refractivity contribution >= 4 is 0 Å². The van der Waals surface area contributed by atoms with Gasteiger partial charge in [0, 0.05) is 11.5 Å². The highest BCUT2D eigenvalue weighted by molar-refractivity contribution is 5.33. The van der Waals surface area contributed by atoms with Gasteiger partial charge in [0.25, 0.3) is 0 Å². The Bertz CT molecular complexity index is 467. The normalized spacial score (nSPS) is 34.8. The van der Waals surface area contributed by atoms with Crippen LogP contribution in [0.5, 0.6) is 0 Å². The molecule has 1 heterocycles. The summed E-state index contributed by atoms with van der Waals surface area (Å²) in [5, 5.41) is 10.3. The molecule has 4 rings (SSSR count). The molecule has 0 saturated heterocycles. The molecule has 17 heavy (non-hydrogen) atoms. The molecule has 0 radical (unpaired) electrons. The van der Waals surface area contributed by atoms with Crippen LogP contribution in [0.3, 0.4) is 0 Å². The van der Waals surface area contributed by atoms with E-state index in [-0.39, 0.29) is 11.5 Å². The molecule has 2 nitrogen and oxygen atoms in total. The van der Waals surface area contributed by atoms with Gasteiger partial charge in [0.15, 0.2) is 0 Å². The van der Waals surface area contributed by atoms with Crippen molar-refractivity contribution in [2.75, 3.05) is 0 Å². The van der Waals surface area contributed by atoms with E-state index in [1.165, 1.54) is 5.57 Å². The fourth-order valence-electron chi connectivity index (χ4n) is 3.75. The van der Waals surface area contributed by atoms with Gasteiger partial charge in [-0.15, -0.1) is 0 Å². The van der Waals surface area contributed by atoms with E-state index < -0.39 is 0 Å². The molecule has 1 aromatic heterocycles. The second-order valence-corrected chi connectivity index (χ2v) is 6.25. The molecule has 92 valence electrons. The van der Waals surface area contributed by atoms with Crippen molar-refractivity contribution in [3.8, 4) is 0 Å². The average Bonchev–Trinajstić information content (AvgIpc) is 2.69. The monoisotopic (exact) mass is 232 g/mol. The van der Waals surface area contributed by atoms with Crippen molar-refractivity contribution in [1.82, 2.24) is 0 Å². The summed E-state index contributed by atoms with van der Waals surface area (Å²) in [7, 11) is 0. The minimum absolute atomic E-state index is 0.245. The molecule has 2 heteroatoms. The lowest BCUT2D eigenvalue weighted by Crippen LogP contribution is -2.34. The van der Waals surface area contributed by atoms with Crippen molar-refractivity contribution in [2.24, 2.45) is 11.3 Å². The van der Waals surface area contributed by atoms with Gasteiger partial charge in [0.1, 0.15) is 5.76 Å². The summed E-state index contributed by atoms with van der Waals surface area (Å²) in [5.74, 6) is 1.79. The third-order valence-corrected chi connectivity index (χ3v) is 4.58. The van der Waals surface area contributed by atoms with Crippen LogP contribution in [0.2, 0.25) is 0 Å². The summed E-state index contributed by atoms with van der Waals surface area (Å²) in [6.45, 7) is 6.81. The van der Waals surface area contributed by atoms with Gasteiger partial charge in [-0.2, -0.15) is 0 Å². The van der Waals surface area contributed by atoms with Crippen LogP contribution < -0.4 is 0 Å². The van der Waals surface area contributed by atoms with Crippen LogP contribution in [0.4, 0.5) is 0 Å². The number of fused-ring (bicyclic) bond motifs is 2. The van der Waals surface area contributed by atoms with E-state index in [0.29, 0.717) is 11.8 Å². The fraction of sp³-hybridized carbons (Fsp3) is 0.600. The Kier molecular flexibility index (Phi) is 2.27. The first-order valence-corrected chi connectivity index (χ1v) is 6.43. The largest absolute Gasteiger partial charge is 0.468 e. The van der Waals surface area contributed by atoms with Crippen LogP contribution in [-0.4, -0.2) is 5.11 Å². The molecule has 0 saturated carbocycles. The number of hydrogen-bond donors (Lipinski definition) is 1. The van der Waals surface area contributed by atoms with E-state index in [4.69, 9.17) is 4.42 Å². The summed E-state index contributed by atoms with van der Waals surface area (Å²) in [5.41, 5.74) is 2.65. The highest BCUT2D eigenvalue weighted by atomic mass is 16.3. The van der Waals surface area contributed by atoms with E-state index in [1.807, 2.05) is 6.07 Å². The van der Waals surface area contributed by atoms with E-state index in [2.05, 4.69) is 26.8 Å². The minimum Gasteiger partial charge on any atom is -0.468 e. The van der Waals surface area contributed by atoms with E-state index >= 15 is 0 Å². The molecule has 3 atom stereocenters. The second kappa shape index (κ2) is 3.49. The predicted octanol–water partition coefficient (Wildman–Crippen LogP) is 3.79. The number of furan rings is 1. The SMILES string of the molecule is CC1=CC2CC(C)(C)C1C[C@H](O)c1ccoc12. The van der Waals surface area contributed by atoms with Gasteiger partial charge in [0.05, 0.1) is 12.4 Å². The van der Waals surface area contributed by atoms with Crippen LogP contribution in [0, 0.1) is 11.3 Å². The summed E-state index contributed by atoms with van der Waals surface area (Å²) in [6.07, 6.45) is 5.60. The number of rotatable bonds is 0. The van der Waals surface area contributed by atoms with E-state index in [0.717, 1.165) is 24.2 Å². The summed E-state index contributed by atoms with van der Waals surface area (Å²) in [4.78, 5) is 0. The van der Waals surface area contributed by atoms with Gasteiger partial charge in [-0.25, -0.2) is 0 Å². The zero-order valence-corrected chi connectivity index (χ0v) is 10.7. The highest BCUT2D eigenvalue weighted by Gasteiger charge is 2.42. The van der Waals surface area contributed by atoms with Gasteiger partial charge in [-0.3, -0.25) is 0 Å². The standard InChI is InChI=1S/C15H20O2/c1-9-6-10-8-15(2,3)12(9)7-13(16)11-4-5-17-14(10)11/h4-6,10,12-13,16H,7-8H2,1-3H3/t10?,12?,13-/m0/s1. The average molecular weight is 232 g/mol. The second-order valence-electron chi connectivity index (χ2n) is 6.25. The molecule has 1 N–H and O–H groups in total. The molecular weight excluding hydrogens is 212 g/mol. The third-order valence-electron chi connectivity index (χ3n) is 4.58. The maximum atomic E-state index is 10.3. The quantitative estimate of drug-likeness (QED) is 0.690. The zero-order chi connectivity index (χ0) is 12.2. The van der Waals surface area contributed by atoms with Crippen LogP contribution in [0.15, 0.2) is 28.4 Å².